The summed E-state index contributed by atoms with van der Waals surface area (Å²) < 4.78 is 0. The van der Waals surface area contributed by atoms with Gasteiger partial charge in [0.15, 0.2) is 0 Å². The molecule has 2 N–H and O–H groups in total. The van der Waals surface area contributed by atoms with Gasteiger partial charge in [-0.3, -0.25) is 0 Å². The van der Waals surface area contributed by atoms with Gasteiger partial charge in [-0.1, -0.05) is 54.6 Å². The second kappa shape index (κ2) is 4.28. The van der Waals surface area contributed by atoms with E-state index in [4.69, 9.17) is 0 Å². The molecule has 0 aliphatic carbocycles. The van der Waals surface area contributed by atoms with E-state index in [0.717, 1.165) is 10.9 Å². The molecular weight excluding hydrogens is 264 g/mol. The van der Waals surface area contributed by atoms with Gasteiger partial charge in [0.1, 0.15) is 0 Å². The summed E-state index contributed by atoms with van der Waals surface area (Å²) in [5, 5.41) is 7.35. The lowest BCUT2D eigenvalue weighted by molar-refractivity contribution is 0.405. The van der Waals surface area contributed by atoms with Gasteiger partial charge >= 0.3 is 9.28 Å². The Hall–Kier alpha value is -1.94. The van der Waals surface area contributed by atoms with E-state index in [1.807, 2.05) is 6.07 Å². The van der Waals surface area contributed by atoms with Crippen molar-refractivity contribution in [1.29, 1.82) is 0 Å². The summed E-state index contributed by atoms with van der Waals surface area (Å²) in [6, 6.07) is 19.4. The lowest BCUT2D eigenvalue weighted by Crippen LogP contribution is -2.15. The maximum absolute atomic E-state index is 9.40. The molecule has 4 aromatic carbocycles. The van der Waals surface area contributed by atoms with E-state index in [1.165, 1.54) is 26.9 Å². The lowest BCUT2D eigenvalue weighted by atomic mass is 9.92. The molecule has 20 heavy (non-hydrogen) atoms. The fourth-order valence-electron chi connectivity index (χ4n) is 3.17. The Morgan fingerprint density at radius 2 is 1.30 bits per heavy atom. The van der Waals surface area contributed by atoms with Gasteiger partial charge in [0.25, 0.3) is 0 Å². The first kappa shape index (κ1) is 11.8. The van der Waals surface area contributed by atoms with Crippen molar-refractivity contribution in [3.05, 3.63) is 60.2 Å². The summed E-state index contributed by atoms with van der Waals surface area (Å²) >= 11 is 0. The first-order valence-corrected chi connectivity index (χ1v) is 8.60. The van der Waals surface area contributed by atoms with Crippen molar-refractivity contribution in [2.75, 3.05) is 0 Å². The molecular formula is C17H14O2Si. The van der Waals surface area contributed by atoms with Crippen LogP contribution in [0.5, 0.6) is 0 Å². The van der Waals surface area contributed by atoms with Gasteiger partial charge < -0.3 is 9.59 Å². The highest BCUT2D eigenvalue weighted by Crippen LogP contribution is 2.35. The number of hydrogen-bond acceptors (Lipinski definition) is 2. The maximum Gasteiger partial charge on any atom is 0.320 e. The monoisotopic (exact) mass is 278 g/mol. The zero-order valence-electron chi connectivity index (χ0n) is 10.9. The summed E-state index contributed by atoms with van der Waals surface area (Å²) in [5.41, 5.74) is 1.04. The highest BCUT2D eigenvalue weighted by atomic mass is 28.3. The van der Waals surface area contributed by atoms with E-state index in [0.29, 0.717) is 6.04 Å². The van der Waals surface area contributed by atoms with Gasteiger partial charge in [-0.05, 0) is 37.9 Å². The standard InChI is InChI=1S/C17H14O2Si/c18-20(19)10-14-7-6-13-5-4-11-2-1-3-12-8-9-15(14)17(13)16(11)12/h1-9,18-20H,10H2. The molecule has 0 fully saturated rings. The molecule has 0 radical (unpaired) electrons. The minimum absolute atomic E-state index is 0.397. The van der Waals surface area contributed by atoms with Gasteiger partial charge in [-0.25, -0.2) is 0 Å². The topological polar surface area (TPSA) is 40.5 Å². The Bertz CT molecular complexity index is 899. The van der Waals surface area contributed by atoms with Crippen LogP contribution in [-0.2, 0) is 6.04 Å². The molecule has 0 aliphatic rings. The predicted octanol–water partition coefficient (Wildman–Crippen LogP) is 2.87. The van der Waals surface area contributed by atoms with Gasteiger partial charge in [0, 0.05) is 6.04 Å². The molecule has 0 unspecified atom stereocenters. The second-order valence-electron chi connectivity index (χ2n) is 5.27. The van der Waals surface area contributed by atoms with Crippen LogP contribution in [0.15, 0.2) is 54.6 Å². The fourth-order valence-corrected chi connectivity index (χ4v) is 3.92. The fraction of sp³-hybridized carbons (Fsp3) is 0.0588. The zero-order chi connectivity index (χ0) is 13.7. The van der Waals surface area contributed by atoms with Crippen LogP contribution < -0.4 is 0 Å². The minimum Gasteiger partial charge on any atom is -0.413 e. The Kier molecular flexibility index (Phi) is 2.54. The molecule has 98 valence electrons. The van der Waals surface area contributed by atoms with E-state index < -0.39 is 9.28 Å². The zero-order valence-corrected chi connectivity index (χ0v) is 12.0. The van der Waals surface area contributed by atoms with Crippen molar-refractivity contribution in [3.8, 4) is 0 Å². The Balaban J connectivity index is 2.20. The molecule has 0 amide bonds. The summed E-state index contributed by atoms with van der Waals surface area (Å²) in [4.78, 5) is 18.8. The highest BCUT2D eigenvalue weighted by molar-refractivity contribution is 6.41. The number of benzene rings is 4. The first-order chi connectivity index (χ1) is 9.74. The van der Waals surface area contributed by atoms with Crippen LogP contribution >= 0.6 is 0 Å². The SMILES string of the molecule is O[SiH](O)Cc1ccc2ccc3cccc4ccc1c2c34. The van der Waals surface area contributed by atoms with Crippen molar-refractivity contribution in [2.24, 2.45) is 0 Å². The van der Waals surface area contributed by atoms with Crippen molar-refractivity contribution in [2.45, 2.75) is 6.04 Å². The van der Waals surface area contributed by atoms with Gasteiger partial charge in [-0.15, -0.1) is 0 Å². The Labute approximate surface area is 118 Å². The predicted molar refractivity (Wildman–Crippen MR) is 85.4 cm³/mol. The van der Waals surface area contributed by atoms with Crippen molar-refractivity contribution in [1.82, 2.24) is 0 Å². The molecule has 0 aliphatic heterocycles. The molecule has 4 rings (SSSR count). The van der Waals surface area contributed by atoms with E-state index >= 15 is 0 Å². The van der Waals surface area contributed by atoms with Crippen LogP contribution in [0.2, 0.25) is 0 Å². The van der Waals surface area contributed by atoms with Gasteiger partial charge in [-0.2, -0.15) is 0 Å². The average Bonchev–Trinajstić information content (AvgIpc) is 2.46. The molecule has 0 atom stereocenters. The normalized spacial score (nSPS) is 12.2. The van der Waals surface area contributed by atoms with Crippen molar-refractivity contribution in [3.63, 3.8) is 0 Å². The summed E-state index contributed by atoms with van der Waals surface area (Å²) in [7, 11) is -2.59. The molecule has 0 saturated carbocycles. The molecule has 2 nitrogen and oxygen atoms in total. The Morgan fingerprint density at radius 1 is 0.700 bits per heavy atom. The third-order valence-corrected chi connectivity index (χ3v) is 4.83. The molecule has 3 heteroatoms. The van der Waals surface area contributed by atoms with Gasteiger partial charge in [0.2, 0.25) is 0 Å². The molecule has 0 aromatic heterocycles. The van der Waals surface area contributed by atoms with E-state index in [2.05, 4.69) is 48.5 Å². The second-order valence-corrected chi connectivity index (χ2v) is 6.63. The molecule has 0 spiro atoms. The molecule has 0 heterocycles. The number of rotatable bonds is 2. The minimum atomic E-state index is -2.59. The largest absolute Gasteiger partial charge is 0.413 e. The van der Waals surface area contributed by atoms with Crippen LogP contribution in [0.25, 0.3) is 32.3 Å². The third kappa shape index (κ3) is 1.64. The van der Waals surface area contributed by atoms with E-state index in [-0.39, 0.29) is 0 Å². The van der Waals surface area contributed by atoms with Crippen molar-refractivity contribution < 1.29 is 9.59 Å². The smallest absolute Gasteiger partial charge is 0.320 e. The van der Waals surface area contributed by atoms with E-state index in [9.17, 15) is 9.59 Å². The maximum atomic E-state index is 9.40. The molecule has 0 bridgehead atoms. The summed E-state index contributed by atoms with van der Waals surface area (Å²) in [6.07, 6.45) is 0. The molecule has 0 saturated heterocycles. The molecule has 4 aromatic rings. The van der Waals surface area contributed by atoms with Gasteiger partial charge in [0.05, 0.1) is 0 Å². The average molecular weight is 278 g/mol. The summed E-state index contributed by atoms with van der Waals surface area (Å²) in [5.74, 6) is 0. The van der Waals surface area contributed by atoms with Crippen molar-refractivity contribution >= 4 is 41.6 Å². The quantitative estimate of drug-likeness (QED) is 0.437. The Morgan fingerprint density at radius 3 is 2.00 bits per heavy atom. The van der Waals surface area contributed by atoms with E-state index in [1.54, 1.807) is 0 Å². The number of hydrogen-bond donors (Lipinski definition) is 2. The van der Waals surface area contributed by atoms with Crippen LogP contribution in [0, 0.1) is 0 Å². The van der Waals surface area contributed by atoms with Crippen LogP contribution in [0.4, 0.5) is 0 Å². The lowest BCUT2D eigenvalue weighted by Gasteiger charge is -2.13. The summed E-state index contributed by atoms with van der Waals surface area (Å²) in [6.45, 7) is 0. The highest BCUT2D eigenvalue weighted by Gasteiger charge is 2.12. The third-order valence-electron chi connectivity index (χ3n) is 4.02. The van der Waals surface area contributed by atoms with Crippen LogP contribution in [0.3, 0.4) is 0 Å². The van der Waals surface area contributed by atoms with Crippen LogP contribution in [-0.4, -0.2) is 18.9 Å². The van der Waals surface area contributed by atoms with Crippen LogP contribution in [0.1, 0.15) is 5.56 Å². The first-order valence-electron chi connectivity index (χ1n) is 6.75.